The second-order valence-corrected chi connectivity index (χ2v) is 21.8. The fraction of sp³-hybridized carbons (Fsp3) is 0.707. The van der Waals surface area contributed by atoms with Crippen molar-refractivity contribution in [3.8, 4) is 12.3 Å². The molecule has 1 aromatic carbocycles. The third-order valence-corrected chi connectivity index (χ3v) is 14.7. The summed E-state index contributed by atoms with van der Waals surface area (Å²) in [5.74, 6) is -1.11. The molecule has 6 N–H and O–H groups in total. The topological polar surface area (TPSA) is 229 Å². The van der Waals surface area contributed by atoms with Gasteiger partial charge in [-0.3, -0.25) is 48.8 Å². The molecule has 19 nitrogen and oxygen atoms in total. The van der Waals surface area contributed by atoms with E-state index in [4.69, 9.17) is 20.7 Å². The number of likely N-dealkylation sites (tertiary alicyclic amines) is 1. The van der Waals surface area contributed by atoms with Crippen molar-refractivity contribution in [3.05, 3.63) is 41.2 Å². The van der Waals surface area contributed by atoms with Gasteiger partial charge in [0.25, 0.3) is 5.91 Å². The van der Waals surface area contributed by atoms with E-state index >= 15 is 0 Å². The first kappa shape index (κ1) is 67.6. The van der Waals surface area contributed by atoms with Crippen LogP contribution in [0, 0.1) is 41.9 Å². The Bertz CT molecular complexity index is 2130. The number of carbonyl (C=O) groups is 7. The Labute approximate surface area is 461 Å². The maximum atomic E-state index is 14.4. The van der Waals surface area contributed by atoms with Crippen LogP contribution in [0.25, 0.3) is 0 Å². The summed E-state index contributed by atoms with van der Waals surface area (Å²) in [6.07, 6.45) is 9.80. The quantitative estimate of drug-likeness (QED) is 0.0275. The van der Waals surface area contributed by atoms with E-state index in [0.717, 1.165) is 31.2 Å². The molecule has 0 aliphatic carbocycles. The fourth-order valence-electron chi connectivity index (χ4n) is 10.0. The predicted molar refractivity (Wildman–Crippen MR) is 301 cm³/mol. The van der Waals surface area contributed by atoms with Gasteiger partial charge in [0.05, 0.1) is 55.0 Å². The van der Waals surface area contributed by atoms with Crippen molar-refractivity contribution in [2.45, 2.75) is 196 Å². The third kappa shape index (κ3) is 20.3. The monoisotopic (exact) mass is 1080 g/mol. The lowest BCUT2D eigenvalue weighted by atomic mass is 9.89. The number of nitrogens with zero attached hydrogens (tertiary/aromatic N) is 3. The molecule has 7 amide bonds. The highest BCUT2D eigenvalue weighted by Gasteiger charge is 2.43. The molecule has 1 aliphatic rings. The zero-order chi connectivity index (χ0) is 58.3. The summed E-state index contributed by atoms with van der Waals surface area (Å²) >= 11 is 0. The van der Waals surface area contributed by atoms with Gasteiger partial charge in [-0.25, -0.2) is 0 Å². The number of hydrogen-bond acceptors (Lipinski definition) is 12. The lowest BCUT2D eigenvalue weighted by Gasteiger charge is -2.41. The summed E-state index contributed by atoms with van der Waals surface area (Å²) in [4.78, 5) is 106. The minimum absolute atomic E-state index is 0.00425. The zero-order valence-electron chi connectivity index (χ0n) is 49.6. The van der Waals surface area contributed by atoms with Gasteiger partial charge in [-0.15, -0.1) is 6.42 Å². The van der Waals surface area contributed by atoms with Crippen molar-refractivity contribution in [2.24, 2.45) is 29.6 Å². The molecule has 0 saturated carbocycles. The molecule has 1 aliphatic heterocycles. The second-order valence-electron chi connectivity index (χ2n) is 21.8. The van der Waals surface area contributed by atoms with Crippen LogP contribution in [0.15, 0.2) is 35.7 Å². The van der Waals surface area contributed by atoms with Crippen molar-refractivity contribution in [3.63, 3.8) is 0 Å². The predicted octanol–water partition coefficient (Wildman–Crippen LogP) is 5.89. The molecular weight excluding hydrogens is 983 g/mol. The summed E-state index contributed by atoms with van der Waals surface area (Å²) in [5.41, 5.74) is 5.33. The normalized spacial score (nSPS) is 17.5. The summed E-state index contributed by atoms with van der Waals surface area (Å²) in [6.45, 7) is 23.6. The van der Waals surface area contributed by atoms with E-state index in [1.165, 1.54) is 0 Å². The lowest BCUT2D eigenvalue weighted by molar-refractivity contribution is -0.148. The van der Waals surface area contributed by atoms with Crippen molar-refractivity contribution in [1.82, 2.24) is 41.4 Å². The van der Waals surface area contributed by atoms with Crippen molar-refractivity contribution < 1.29 is 47.9 Å². The number of hydrogen-bond donors (Lipinski definition) is 6. The molecule has 434 valence electrons. The largest absolute Gasteiger partial charge is 0.379 e. The van der Waals surface area contributed by atoms with Gasteiger partial charge in [0.15, 0.2) is 6.04 Å². The number of terminal acetylenes is 1. The van der Waals surface area contributed by atoms with Crippen LogP contribution in [0.3, 0.4) is 0 Å². The van der Waals surface area contributed by atoms with E-state index in [1.807, 2.05) is 74.4 Å². The van der Waals surface area contributed by atoms with Gasteiger partial charge in [-0.2, -0.15) is 0 Å². The number of nitrogens with one attached hydrogen (secondary N) is 6. The number of unbranched alkanes of at least 4 members (excludes halogenated alkanes) is 2. The van der Waals surface area contributed by atoms with Crippen LogP contribution >= 0.6 is 0 Å². The van der Waals surface area contributed by atoms with Gasteiger partial charge in [-0.1, -0.05) is 113 Å². The molecule has 2 rings (SSSR count). The summed E-state index contributed by atoms with van der Waals surface area (Å²) < 4.78 is 12.1. The standard InChI is InChI=1S/C58H97N9O10/c1-19-23-24-27-47(68)62-49(35(5)6)56(72)61-44(22-4)55(71)59-42-30-28-41(29-31-42)34-77-64-40(13)43(21-3)60-54(70)39(12)53(76-18)45-26-25-32-67(45)48(69)33-46(75-17)52(38(11)20-2)66(16)58(74)50(36(7)8)63-57(73)51(37(9)10)65(14)15/h4,28-31,35-39,44-46,49-53,64H,19-21,23-27,32-34H2,1-3,5-18H3,(H,59,71)(H,60,70)(H,61,72)(H,62,68)(H,63,73)/b43-40-. The van der Waals surface area contributed by atoms with E-state index in [-0.39, 0.29) is 66.2 Å². The van der Waals surface area contributed by atoms with Crippen LogP contribution in [0.5, 0.6) is 0 Å². The maximum absolute atomic E-state index is 14.4. The van der Waals surface area contributed by atoms with Crippen LogP contribution in [0.4, 0.5) is 5.69 Å². The number of rotatable bonds is 33. The SMILES string of the molecule is C#CC(NC(=O)C(NC(=O)CCCCC)C(C)C)C(=O)Nc1ccc(CON/C(C)=C(/CC)NC(=O)C(C)C(OC)C2CCCN2C(=O)CC(OC)C(C(C)CC)N(C)C(=O)C(NC(=O)C(C(C)C)N(C)C)C(C)C)cc1. The highest BCUT2D eigenvalue weighted by Crippen LogP contribution is 2.30. The van der Waals surface area contributed by atoms with Crippen molar-refractivity contribution in [2.75, 3.05) is 47.2 Å². The number of ether oxygens (including phenoxy) is 2. The molecule has 10 unspecified atom stereocenters. The van der Waals surface area contributed by atoms with Crippen molar-refractivity contribution >= 4 is 47.0 Å². The van der Waals surface area contributed by atoms with Gasteiger partial charge in [0.1, 0.15) is 12.1 Å². The number of carbonyl (C=O) groups excluding carboxylic acids is 7. The second kappa shape index (κ2) is 33.7. The first-order chi connectivity index (χ1) is 36.3. The molecule has 1 saturated heterocycles. The molecule has 1 fully saturated rings. The number of benzene rings is 1. The van der Waals surface area contributed by atoms with E-state index in [0.29, 0.717) is 49.3 Å². The molecular formula is C58H97N9O10. The van der Waals surface area contributed by atoms with Crippen LogP contribution in [-0.2, 0) is 54.5 Å². The van der Waals surface area contributed by atoms with E-state index in [9.17, 15) is 33.6 Å². The highest BCUT2D eigenvalue weighted by atomic mass is 16.6. The molecule has 1 aromatic rings. The lowest BCUT2D eigenvalue weighted by Crippen LogP contribution is -2.59. The molecule has 77 heavy (non-hydrogen) atoms. The van der Waals surface area contributed by atoms with Gasteiger partial charge in [0, 0.05) is 45.6 Å². The Morgan fingerprint density at radius 2 is 1.43 bits per heavy atom. The summed E-state index contributed by atoms with van der Waals surface area (Å²) in [7, 11) is 8.52. The van der Waals surface area contributed by atoms with Crippen LogP contribution in [0.2, 0.25) is 0 Å². The number of allylic oxidation sites excluding steroid dienone is 2. The van der Waals surface area contributed by atoms with Gasteiger partial charge in [0.2, 0.25) is 35.4 Å². The highest BCUT2D eigenvalue weighted by molar-refractivity contribution is 6.00. The third-order valence-electron chi connectivity index (χ3n) is 14.7. The minimum atomic E-state index is -1.28. The first-order valence-electron chi connectivity index (χ1n) is 27.8. The number of hydroxylamine groups is 1. The minimum Gasteiger partial charge on any atom is -0.379 e. The van der Waals surface area contributed by atoms with Crippen LogP contribution in [-0.4, -0.2) is 146 Å². The molecule has 0 aromatic heterocycles. The fourth-order valence-corrected chi connectivity index (χ4v) is 10.0. The Morgan fingerprint density at radius 3 is 1.95 bits per heavy atom. The molecule has 19 heteroatoms. The Morgan fingerprint density at radius 1 is 0.792 bits per heavy atom. The average molecular weight is 1080 g/mol. The van der Waals surface area contributed by atoms with E-state index < -0.39 is 66.2 Å². The summed E-state index contributed by atoms with van der Waals surface area (Å²) in [6, 6.07) is 2.65. The van der Waals surface area contributed by atoms with E-state index in [1.54, 1.807) is 83.0 Å². The molecule has 0 radical (unpaired) electrons. The van der Waals surface area contributed by atoms with Gasteiger partial charge in [-0.05, 0) is 88.1 Å². The zero-order valence-corrected chi connectivity index (χ0v) is 49.6. The molecule has 1 heterocycles. The molecule has 0 bridgehead atoms. The van der Waals surface area contributed by atoms with Crippen molar-refractivity contribution in [1.29, 1.82) is 0 Å². The molecule has 10 atom stereocenters. The number of likely N-dealkylation sites (N-methyl/N-ethyl adjacent to an activating group) is 2. The van der Waals surface area contributed by atoms with Gasteiger partial charge >= 0.3 is 0 Å². The smallest absolute Gasteiger partial charge is 0.259 e. The average Bonchev–Trinajstić information content (AvgIpc) is 3.87. The molecule has 0 spiro atoms. The van der Waals surface area contributed by atoms with Crippen LogP contribution in [0.1, 0.15) is 146 Å². The first-order valence-corrected chi connectivity index (χ1v) is 27.8. The summed E-state index contributed by atoms with van der Waals surface area (Å²) in [5, 5.41) is 14.2. The number of anilines is 1. The number of amides is 7. The Hall–Kier alpha value is -5.55. The van der Waals surface area contributed by atoms with E-state index in [2.05, 4.69) is 38.0 Å². The Balaban J connectivity index is 2.11. The Kier molecular flexibility index (Phi) is 29.5. The maximum Gasteiger partial charge on any atom is 0.259 e. The van der Waals surface area contributed by atoms with Gasteiger partial charge < -0.3 is 45.9 Å². The van der Waals surface area contributed by atoms with Crippen LogP contribution < -0.4 is 32.1 Å². The number of methoxy groups -OCH3 is 2.